The van der Waals surface area contributed by atoms with Crippen molar-refractivity contribution in [3.8, 4) is 33.6 Å². The Morgan fingerprint density at radius 3 is 1.71 bits per heavy atom. The number of hydrogen-bond donors (Lipinski definition) is 0. The van der Waals surface area contributed by atoms with Gasteiger partial charge in [0, 0.05) is 54.8 Å². The van der Waals surface area contributed by atoms with Crippen molar-refractivity contribution >= 4 is 65.6 Å². The van der Waals surface area contributed by atoms with Crippen LogP contribution in [-0.4, -0.2) is 9.13 Å². The Morgan fingerprint density at radius 1 is 0.333 bits per heavy atom. The number of furan rings is 1. The molecule has 3 aromatic heterocycles. The Balaban J connectivity index is 1.09. The van der Waals surface area contributed by atoms with E-state index in [-0.39, 0.29) is 0 Å². The number of aromatic nitrogens is 2. The standard InChI is InChI=1S/C48H30N2O/c1-2-12-33(13-3-1)49-43-21-7-5-15-36(43)42-30-32(26-29-45(42)49)31-24-27-34(28-25-31)50-44-22-8-4-14-35(44)38-17-10-18-39(47(38)50)41-20-11-19-40-37-16-6-9-23-46(37)51-48(40)41/h1-30H. The Kier molecular flexibility index (Phi) is 5.96. The molecule has 11 aromatic rings. The molecule has 0 saturated carbocycles. The molecule has 0 N–H and O–H groups in total. The first kappa shape index (κ1) is 28.0. The molecule has 11 rings (SSSR count). The Bertz CT molecular complexity index is 3120. The van der Waals surface area contributed by atoms with Crippen molar-refractivity contribution in [3.05, 3.63) is 182 Å². The van der Waals surface area contributed by atoms with Gasteiger partial charge in [-0.05, 0) is 65.7 Å². The van der Waals surface area contributed by atoms with E-state index in [4.69, 9.17) is 4.42 Å². The van der Waals surface area contributed by atoms with E-state index in [0.29, 0.717) is 0 Å². The molecule has 238 valence electrons. The third-order valence-electron chi connectivity index (χ3n) is 10.5. The van der Waals surface area contributed by atoms with E-state index >= 15 is 0 Å². The number of nitrogens with zero attached hydrogens (tertiary/aromatic N) is 2. The van der Waals surface area contributed by atoms with Crippen molar-refractivity contribution < 1.29 is 4.42 Å². The van der Waals surface area contributed by atoms with E-state index < -0.39 is 0 Å². The van der Waals surface area contributed by atoms with Crippen molar-refractivity contribution in [2.24, 2.45) is 0 Å². The predicted octanol–water partition coefficient (Wildman–Crippen LogP) is 13.1. The summed E-state index contributed by atoms with van der Waals surface area (Å²) in [5.41, 5.74) is 13.5. The molecule has 3 nitrogen and oxygen atoms in total. The second kappa shape index (κ2) is 10.8. The van der Waals surface area contributed by atoms with E-state index in [1.54, 1.807) is 0 Å². The SMILES string of the molecule is c1ccc(-n2c3ccccc3c3cc(-c4ccc(-n5c6ccccc6c6cccc(-c7cccc8c7oc7ccccc78)c65)cc4)ccc32)cc1. The van der Waals surface area contributed by atoms with Gasteiger partial charge in [0.1, 0.15) is 11.2 Å². The van der Waals surface area contributed by atoms with Gasteiger partial charge >= 0.3 is 0 Å². The molecule has 0 radical (unpaired) electrons. The topological polar surface area (TPSA) is 23.0 Å². The average Bonchev–Trinajstić information content (AvgIpc) is 3.86. The van der Waals surface area contributed by atoms with Crippen LogP contribution in [0.5, 0.6) is 0 Å². The first-order valence-corrected chi connectivity index (χ1v) is 17.4. The predicted molar refractivity (Wildman–Crippen MR) is 213 cm³/mol. The van der Waals surface area contributed by atoms with Crippen molar-refractivity contribution in [1.29, 1.82) is 0 Å². The van der Waals surface area contributed by atoms with Crippen LogP contribution in [0.15, 0.2) is 186 Å². The summed E-state index contributed by atoms with van der Waals surface area (Å²) in [6, 6.07) is 65.4. The first-order chi connectivity index (χ1) is 25.3. The summed E-state index contributed by atoms with van der Waals surface area (Å²) >= 11 is 0. The van der Waals surface area contributed by atoms with Gasteiger partial charge in [-0.15, -0.1) is 0 Å². The highest BCUT2D eigenvalue weighted by atomic mass is 16.3. The van der Waals surface area contributed by atoms with Crippen molar-refractivity contribution in [2.75, 3.05) is 0 Å². The van der Waals surface area contributed by atoms with Gasteiger partial charge in [-0.3, -0.25) is 0 Å². The van der Waals surface area contributed by atoms with Gasteiger partial charge in [-0.25, -0.2) is 0 Å². The van der Waals surface area contributed by atoms with Crippen LogP contribution in [0.2, 0.25) is 0 Å². The van der Waals surface area contributed by atoms with E-state index in [1.165, 1.54) is 60.4 Å². The molecule has 8 aromatic carbocycles. The lowest BCUT2D eigenvalue weighted by molar-refractivity contribution is 0.670. The van der Waals surface area contributed by atoms with Gasteiger partial charge < -0.3 is 13.6 Å². The lowest BCUT2D eigenvalue weighted by Crippen LogP contribution is -1.96. The molecule has 0 atom stereocenters. The van der Waals surface area contributed by atoms with E-state index in [0.717, 1.165) is 38.8 Å². The summed E-state index contributed by atoms with van der Waals surface area (Å²) in [5.74, 6) is 0. The van der Waals surface area contributed by atoms with Crippen LogP contribution in [0.3, 0.4) is 0 Å². The second-order valence-electron chi connectivity index (χ2n) is 13.3. The van der Waals surface area contributed by atoms with E-state index in [2.05, 4.69) is 185 Å². The van der Waals surface area contributed by atoms with E-state index in [9.17, 15) is 0 Å². The maximum Gasteiger partial charge on any atom is 0.143 e. The monoisotopic (exact) mass is 650 g/mol. The molecule has 0 amide bonds. The summed E-state index contributed by atoms with van der Waals surface area (Å²) in [6.45, 7) is 0. The molecule has 3 heteroatoms. The quantitative estimate of drug-likeness (QED) is 0.186. The minimum Gasteiger partial charge on any atom is -0.455 e. The second-order valence-corrected chi connectivity index (χ2v) is 13.3. The molecular formula is C48H30N2O. The fraction of sp³-hybridized carbons (Fsp3) is 0. The highest BCUT2D eigenvalue weighted by Gasteiger charge is 2.20. The number of rotatable bonds is 4. The third-order valence-corrected chi connectivity index (χ3v) is 10.5. The van der Waals surface area contributed by atoms with Crippen molar-refractivity contribution in [1.82, 2.24) is 9.13 Å². The maximum absolute atomic E-state index is 6.54. The summed E-state index contributed by atoms with van der Waals surface area (Å²) in [5, 5.41) is 7.24. The summed E-state index contributed by atoms with van der Waals surface area (Å²) in [6.07, 6.45) is 0. The molecular weight excluding hydrogens is 621 g/mol. The van der Waals surface area contributed by atoms with Crippen LogP contribution in [0, 0.1) is 0 Å². The van der Waals surface area contributed by atoms with Crippen LogP contribution in [-0.2, 0) is 0 Å². The van der Waals surface area contributed by atoms with Crippen LogP contribution in [0.4, 0.5) is 0 Å². The zero-order chi connectivity index (χ0) is 33.5. The molecule has 3 heterocycles. The largest absolute Gasteiger partial charge is 0.455 e. The molecule has 0 aliphatic heterocycles. The number of para-hydroxylation sites is 6. The van der Waals surface area contributed by atoms with Crippen LogP contribution >= 0.6 is 0 Å². The van der Waals surface area contributed by atoms with Gasteiger partial charge in [-0.2, -0.15) is 0 Å². The average molecular weight is 651 g/mol. The van der Waals surface area contributed by atoms with Gasteiger partial charge in [-0.1, -0.05) is 127 Å². The lowest BCUT2D eigenvalue weighted by Gasteiger charge is -2.13. The van der Waals surface area contributed by atoms with Crippen LogP contribution < -0.4 is 0 Å². The highest BCUT2D eigenvalue weighted by molar-refractivity contribution is 6.17. The van der Waals surface area contributed by atoms with Gasteiger partial charge in [0.2, 0.25) is 0 Å². The van der Waals surface area contributed by atoms with Gasteiger partial charge in [0.15, 0.2) is 0 Å². The molecule has 0 unspecified atom stereocenters. The zero-order valence-electron chi connectivity index (χ0n) is 27.6. The third kappa shape index (κ3) is 4.12. The molecule has 0 spiro atoms. The van der Waals surface area contributed by atoms with E-state index in [1.807, 2.05) is 6.07 Å². The van der Waals surface area contributed by atoms with Crippen molar-refractivity contribution in [3.63, 3.8) is 0 Å². The van der Waals surface area contributed by atoms with Crippen LogP contribution in [0.1, 0.15) is 0 Å². The summed E-state index contributed by atoms with van der Waals surface area (Å²) < 4.78 is 11.3. The molecule has 0 fully saturated rings. The van der Waals surface area contributed by atoms with Gasteiger partial charge in [0.05, 0.1) is 22.1 Å². The fourth-order valence-electron chi connectivity index (χ4n) is 8.27. The van der Waals surface area contributed by atoms with Crippen LogP contribution in [0.25, 0.3) is 99.2 Å². The molecule has 0 saturated heterocycles. The molecule has 0 bridgehead atoms. The molecule has 51 heavy (non-hydrogen) atoms. The van der Waals surface area contributed by atoms with Gasteiger partial charge in [0.25, 0.3) is 0 Å². The summed E-state index contributed by atoms with van der Waals surface area (Å²) in [4.78, 5) is 0. The fourth-order valence-corrected chi connectivity index (χ4v) is 8.27. The number of fused-ring (bicyclic) bond motifs is 9. The number of benzene rings is 8. The normalized spacial score (nSPS) is 11.9. The maximum atomic E-state index is 6.54. The minimum absolute atomic E-state index is 0.908. The lowest BCUT2D eigenvalue weighted by atomic mass is 9.99. The Hall–Kier alpha value is -6.84. The smallest absolute Gasteiger partial charge is 0.143 e. The highest BCUT2D eigenvalue weighted by Crippen LogP contribution is 2.42. The molecule has 0 aliphatic carbocycles. The Morgan fingerprint density at radius 2 is 0.902 bits per heavy atom. The minimum atomic E-state index is 0.908. The number of hydrogen-bond acceptors (Lipinski definition) is 1. The Labute approximate surface area is 293 Å². The van der Waals surface area contributed by atoms with Crippen molar-refractivity contribution in [2.45, 2.75) is 0 Å². The summed E-state index contributed by atoms with van der Waals surface area (Å²) in [7, 11) is 0. The first-order valence-electron chi connectivity index (χ1n) is 17.4. The zero-order valence-corrected chi connectivity index (χ0v) is 27.6. The molecule has 0 aliphatic rings.